The van der Waals surface area contributed by atoms with Gasteiger partial charge in [0, 0.05) is 31.7 Å². The van der Waals surface area contributed by atoms with Crippen LogP contribution < -0.4 is 10.2 Å². The van der Waals surface area contributed by atoms with Gasteiger partial charge in [-0.15, -0.1) is 0 Å². The van der Waals surface area contributed by atoms with Gasteiger partial charge in [-0.3, -0.25) is 9.59 Å². The topological polar surface area (TPSA) is 65.5 Å². The molecule has 6 heteroatoms. The molecular weight excluding hydrogens is 400 g/mol. The van der Waals surface area contributed by atoms with Gasteiger partial charge in [0.15, 0.2) is 0 Å². The van der Waals surface area contributed by atoms with Gasteiger partial charge in [0.25, 0.3) is 5.91 Å². The highest BCUT2D eigenvalue weighted by Crippen LogP contribution is 2.18. The monoisotopic (exact) mass is 428 g/mol. The van der Waals surface area contributed by atoms with Crippen molar-refractivity contribution in [3.05, 3.63) is 89.6 Å². The number of amides is 2. The molecule has 1 fully saturated rings. The SMILES string of the molecule is Cc1ccccc1C(=O)Nc1ccc(N2CCCN(C(=O)Cc3ccccc3)CC2)nc1. The summed E-state index contributed by atoms with van der Waals surface area (Å²) in [4.78, 5) is 33.9. The van der Waals surface area contributed by atoms with Crippen LogP contribution in [0, 0.1) is 6.92 Å². The summed E-state index contributed by atoms with van der Waals surface area (Å²) in [6.07, 6.45) is 3.02. The van der Waals surface area contributed by atoms with Crippen molar-refractivity contribution < 1.29 is 9.59 Å². The first-order chi connectivity index (χ1) is 15.6. The highest BCUT2D eigenvalue weighted by atomic mass is 16.2. The highest BCUT2D eigenvalue weighted by Gasteiger charge is 2.20. The molecule has 0 unspecified atom stereocenters. The van der Waals surface area contributed by atoms with Crippen molar-refractivity contribution in [2.45, 2.75) is 19.8 Å². The summed E-state index contributed by atoms with van der Waals surface area (Å²) in [5.74, 6) is 0.886. The Morgan fingerprint density at radius 3 is 2.44 bits per heavy atom. The third-order valence-electron chi connectivity index (χ3n) is 5.77. The Morgan fingerprint density at radius 2 is 1.69 bits per heavy atom. The van der Waals surface area contributed by atoms with Gasteiger partial charge in [0.2, 0.25) is 5.91 Å². The summed E-state index contributed by atoms with van der Waals surface area (Å²) in [5, 5.41) is 2.91. The quantitative estimate of drug-likeness (QED) is 0.669. The minimum Gasteiger partial charge on any atom is -0.355 e. The molecule has 1 aliphatic heterocycles. The number of aromatic nitrogens is 1. The Kier molecular flexibility index (Phi) is 6.80. The second-order valence-electron chi connectivity index (χ2n) is 8.06. The van der Waals surface area contributed by atoms with E-state index in [0.717, 1.165) is 43.0 Å². The number of pyridine rings is 1. The summed E-state index contributed by atoms with van der Waals surface area (Å²) in [6.45, 7) is 4.94. The molecular formula is C26H28N4O2. The molecule has 1 N–H and O–H groups in total. The number of nitrogens with zero attached hydrogens (tertiary/aromatic N) is 3. The maximum Gasteiger partial charge on any atom is 0.255 e. The average molecular weight is 429 g/mol. The Labute approximate surface area is 188 Å². The van der Waals surface area contributed by atoms with Crippen LogP contribution in [-0.4, -0.2) is 47.9 Å². The fourth-order valence-electron chi connectivity index (χ4n) is 3.95. The first kappa shape index (κ1) is 21.6. The standard InChI is InChI=1S/C26H28N4O2/c1-20-8-5-6-11-23(20)26(32)28-22-12-13-24(27-19-22)29-14-7-15-30(17-16-29)25(31)18-21-9-3-2-4-10-21/h2-6,8-13,19H,7,14-18H2,1H3,(H,28,32). The predicted molar refractivity (Wildman–Crippen MR) is 127 cm³/mol. The Bertz CT molecular complexity index is 1070. The van der Waals surface area contributed by atoms with Crippen LogP contribution in [0.25, 0.3) is 0 Å². The molecule has 1 saturated heterocycles. The fraction of sp³-hybridized carbons (Fsp3) is 0.269. The van der Waals surface area contributed by atoms with Crippen LogP contribution in [0.1, 0.15) is 27.9 Å². The van der Waals surface area contributed by atoms with Crippen molar-refractivity contribution in [1.82, 2.24) is 9.88 Å². The molecule has 164 valence electrons. The first-order valence-corrected chi connectivity index (χ1v) is 11.0. The number of benzene rings is 2. The van der Waals surface area contributed by atoms with E-state index in [1.165, 1.54) is 0 Å². The normalized spacial score (nSPS) is 14.0. The van der Waals surface area contributed by atoms with Gasteiger partial charge in [-0.1, -0.05) is 48.5 Å². The van der Waals surface area contributed by atoms with Crippen LogP contribution >= 0.6 is 0 Å². The van der Waals surface area contributed by atoms with Gasteiger partial charge in [0.1, 0.15) is 5.82 Å². The number of nitrogens with one attached hydrogen (secondary N) is 1. The molecule has 2 heterocycles. The lowest BCUT2D eigenvalue weighted by Crippen LogP contribution is -2.36. The van der Waals surface area contributed by atoms with Crippen LogP contribution in [0.4, 0.5) is 11.5 Å². The molecule has 1 aliphatic rings. The second-order valence-corrected chi connectivity index (χ2v) is 8.06. The largest absolute Gasteiger partial charge is 0.355 e. The van der Waals surface area contributed by atoms with Crippen molar-refractivity contribution in [2.24, 2.45) is 0 Å². The fourth-order valence-corrected chi connectivity index (χ4v) is 3.95. The zero-order chi connectivity index (χ0) is 22.3. The maximum absolute atomic E-state index is 12.7. The number of hydrogen-bond donors (Lipinski definition) is 1. The van der Waals surface area contributed by atoms with Crippen molar-refractivity contribution in [2.75, 3.05) is 36.4 Å². The third kappa shape index (κ3) is 5.32. The number of rotatable bonds is 5. The molecule has 0 saturated carbocycles. The van der Waals surface area contributed by atoms with Crippen LogP contribution in [0.2, 0.25) is 0 Å². The van der Waals surface area contributed by atoms with E-state index in [0.29, 0.717) is 24.2 Å². The predicted octanol–water partition coefficient (Wildman–Crippen LogP) is 3.92. The van der Waals surface area contributed by atoms with Crippen molar-refractivity contribution in [3.8, 4) is 0 Å². The average Bonchev–Trinajstić information content (AvgIpc) is 3.07. The molecule has 0 bridgehead atoms. The summed E-state index contributed by atoms with van der Waals surface area (Å²) < 4.78 is 0. The van der Waals surface area contributed by atoms with Crippen molar-refractivity contribution in [1.29, 1.82) is 0 Å². The van der Waals surface area contributed by atoms with Gasteiger partial charge < -0.3 is 15.1 Å². The maximum atomic E-state index is 12.7. The molecule has 6 nitrogen and oxygen atoms in total. The Morgan fingerprint density at radius 1 is 0.906 bits per heavy atom. The van der Waals surface area contributed by atoms with Crippen molar-refractivity contribution in [3.63, 3.8) is 0 Å². The van der Waals surface area contributed by atoms with E-state index in [1.54, 1.807) is 6.20 Å². The molecule has 4 rings (SSSR count). The third-order valence-corrected chi connectivity index (χ3v) is 5.77. The first-order valence-electron chi connectivity index (χ1n) is 11.0. The summed E-state index contributed by atoms with van der Waals surface area (Å²) in [7, 11) is 0. The molecule has 2 aromatic carbocycles. The van der Waals surface area contributed by atoms with Crippen LogP contribution in [0.3, 0.4) is 0 Å². The molecule has 0 spiro atoms. The van der Waals surface area contributed by atoms with Gasteiger partial charge in [-0.05, 0) is 42.7 Å². The van der Waals surface area contributed by atoms with Gasteiger partial charge in [-0.2, -0.15) is 0 Å². The smallest absolute Gasteiger partial charge is 0.255 e. The summed E-state index contributed by atoms with van der Waals surface area (Å²) >= 11 is 0. The van der Waals surface area contributed by atoms with Gasteiger partial charge in [-0.25, -0.2) is 4.98 Å². The Hall–Kier alpha value is -3.67. The van der Waals surface area contributed by atoms with Crippen LogP contribution in [0.15, 0.2) is 72.9 Å². The number of anilines is 2. The molecule has 3 aromatic rings. The minimum atomic E-state index is -0.139. The van der Waals surface area contributed by atoms with E-state index < -0.39 is 0 Å². The van der Waals surface area contributed by atoms with Crippen LogP contribution in [0.5, 0.6) is 0 Å². The zero-order valence-corrected chi connectivity index (χ0v) is 18.3. The van der Waals surface area contributed by atoms with Gasteiger partial charge >= 0.3 is 0 Å². The van der Waals surface area contributed by atoms with E-state index in [-0.39, 0.29) is 11.8 Å². The number of hydrogen-bond acceptors (Lipinski definition) is 4. The molecule has 0 aliphatic carbocycles. The minimum absolute atomic E-state index is 0.139. The summed E-state index contributed by atoms with van der Waals surface area (Å²) in [6, 6.07) is 21.2. The molecule has 0 atom stereocenters. The second kappa shape index (κ2) is 10.1. The number of carbonyl (C=O) groups excluding carboxylic acids is 2. The number of aryl methyl sites for hydroxylation is 1. The summed E-state index contributed by atoms with van der Waals surface area (Å²) in [5.41, 5.74) is 3.30. The van der Waals surface area contributed by atoms with Crippen LogP contribution in [-0.2, 0) is 11.2 Å². The van der Waals surface area contributed by atoms with E-state index in [2.05, 4.69) is 15.2 Å². The lowest BCUT2D eigenvalue weighted by atomic mass is 10.1. The van der Waals surface area contributed by atoms with E-state index >= 15 is 0 Å². The lowest BCUT2D eigenvalue weighted by molar-refractivity contribution is -0.130. The zero-order valence-electron chi connectivity index (χ0n) is 18.3. The highest BCUT2D eigenvalue weighted by molar-refractivity contribution is 6.05. The lowest BCUT2D eigenvalue weighted by Gasteiger charge is -2.23. The molecule has 2 amide bonds. The molecule has 1 aromatic heterocycles. The molecule has 0 radical (unpaired) electrons. The van der Waals surface area contributed by atoms with E-state index in [1.807, 2.05) is 78.6 Å². The van der Waals surface area contributed by atoms with Gasteiger partial charge in [0.05, 0.1) is 18.3 Å². The molecule has 32 heavy (non-hydrogen) atoms. The van der Waals surface area contributed by atoms with Crippen molar-refractivity contribution >= 4 is 23.3 Å². The van der Waals surface area contributed by atoms with E-state index in [9.17, 15) is 9.59 Å². The Balaban J connectivity index is 1.34. The van der Waals surface area contributed by atoms with E-state index in [4.69, 9.17) is 0 Å². The number of carbonyl (C=O) groups is 2.